The Bertz CT molecular complexity index is 556. The van der Waals surface area contributed by atoms with E-state index in [4.69, 9.17) is 13.7 Å². The molecule has 0 aliphatic carbocycles. The Labute approximate surface area is 74.1 Å². The van der Waals surface area contributed by atoms with E-state index in [1.165, 1.54) is 0 Å². The molecule has 0 bridgehead atoms. The van der Waals surface area contributed by atoms with Gasteiger partial charge in [-0.05, 0) is 6.85 Å². The number of aryl methyl sites for hydroxylation is 1. The number of nitrogens with zero attached hydrogens (tertiary/aromatic N) is 2. The van der Waals surface area contributed by atoms with Gasteiger partial charge in [-0.15, -0.1) is 0 Å². The lowest BCUT2D eigenvalue weighted by Crippen LogP contribution is -2.28. The lowest BCUT2D eigenvalue weighted by Gasteiger charge is -2.16. The first-order chi connectivity index (χ1) is 8.72. The summed E-state index contributed by atoms with van der Waals surface area (Å²) in [7, 11) is 0. The molecular weight excluding hydrogens is 126 g/mol. The van der Waals surface area contributed by atoms with Gasteiger partial charge < -0.3 is 9.88 Å². The van der Waals surface area contributed by atoms with Crippen molar-refractivity contribution in [3.8, 4) is 0 Å². The molecule has 10 heavy (non-hydrogen) atoms. The average molecular weight is 147 g/mol. The van der Waals surface area contributed by atoms with Gasteiger partial charge >= 0.3 is 0 Å². The summed E-state index contributed by atoms with van der Waals surface area (Å²) in [6, 6.07) is 0. The summed E-state index contributed by atoms with van der Waals surface area (Å²) in [4.78, 5) is 3.40. The molecule has 0 fully saturated rings. The molecule has 0 radical (unpaired) electrons. The molecule has 0 aromatic carbocycles. The van der Waals surface area contributed by atoms with Crippen LogP contribution in [0.2, 0.25) is 0 Å². The summed E-state index contributed by atoms with van der Waals surface area (Å²) < 4.78 is 75.8. The summed E-state index contributed by atoms with van der Waals surface area (Å²) >= 11 is 0. The fraction of sp³-hybridized carbons (Fsp3) is 0.571. The molecule has 0 unspecified atom stereocenters. The van der Waals surface area contributed by atoms with Crippen LogP contribution in [0.5, 0.6) is 0 Å². The molecule has 2 rings (SSSR count). The topological polar surface area (TPSA) is 29.9 Å². The summed E-state index contributed by atoms with van der Waals surface area (Å²) in [6.45, 7) is -11.3. The second-order valence-corrected chi connectivity index (χ2v) is 1.72. The first-order valence-corrected chi connectivity index (χ1v) is 2.62. The van der Waals surface area contributed by atoms with Crippen LogP contribution < -0.4 is 5.32 Å². The highest BCUT2D eigenvalue weighted by molar-refractivity contribution is 5.05. The van der Waals surface area contributed by atoms with Crippen LogP contribution in [0.25, 0.3) is 0 Å². The molecule has 0 amide bonds. The Balaban J connectivity index is 2.87. The van der Waals surface area contributed by atoms with Crippen molar-refractivity contribution in [1.29, 1.82) is 0 Å². The number of nitrogens with one attached hydrogen (secondary N) is 1. The largest absolute Gasteiger partial charge is 0.330 e. The molecule has 1 aromatic rings. The molecule has 3 nitrogen and oxygen atoms in total. The SMILES string of the molecule is [2H]c1nc(C([2H])([2H])[2H])n2c1C([2H])([2H])NC([2H])([2H])C2([2H])[2H]. The summed E-state index contributed by atoms with van der Waals surface area (Å²) in [6.07, 6.45) is -0.743. The molecule has 3 heteroatoms. The Morgan fingerprint density at radius 3 is 4.00 bits per heavy atom. The number of hydrogen-bond acceptors (Lipinski definition) is 2. The van der Waals surface area contributed by atoms with Crippen molar-refractivity contribution in [2.45, 2.75) is 19.8 Å². The zero-order valence-corrected chi connectivity index (χ0v) is 4.89. The van der Waals surface area contributed by atoms with Gasteiger partial charge in [0.25, 0.3) is 0 Å². The lowest BCUT2D eigenvalue weighted by atomic mass is 10.3. The third-order valence-corrected chi connectivity index (χ3v) is 1.11. The van der Waals surface area contributed by atoms with Crippen molar-refractivity contribution in [1.82, 2.24) is 14.9 Å². The van der Waals surface area contributed by atoms with E-state index < -0.39 is 44.0 Å². The third-order valence-electron chi connectivity index (χ3n) is 1.11. The number of fused-ring (bicyclic) bond motifs is 1. The smallest absolute Gasteiger partial charge is 0.105 e. The number of hydrogen-bond donors (Lipinski definition) is 1. The molecule has 1 N–H and O–H groups in total. The second-order valence-electron chi connectivity index (χ2n) is 1.72. The molecule has 54 valence electrons. The zero-order chi connectivity index (χ0) is 15.7. The maximum absolute atomic E-state index is 7.77. The van der Waals surface area contributed by atoms with Crippen LogP contribution in [0.4, 0.5) is 0 Å². The van der Waals surface area contributed by atoms with Gasteiger partial charge in [0.2, 0.25) is 0 Å². The monoisotopic (exact) mass is 147 g/mol. The Morgan fingerprint density at radius 2 is 3.10 bits per heavy atom. The normalized spacial score (nSPS) is 48.0. The van der Waals surface area contributed by atoms with Gasteiger partial charge in [0.15, 0.2) is 0 Å². The molecule has 1 aromatic heterocycles. The minimum absolute atomic E-state index is 0.332. The Kier molecular flexibility index (Phi) is 0.315. The van der Waals surface area contributed by atoms with Crippen LogP contribution in [0.3, 0.4) is 0 Å². The standard InChI is InChI=1S/C7H11N3/c1-6-9-5-7-4-8-2-3-10(6)7/h5,8H,2-4H2,1H3/i1D3,2D2,3D2,4D2,5D. The van der Waals surface area contributed by atoms with E-state index in [-0.39, 0.29) is 0 Å². The summed E-state index contributed by atoms with van der Waals surface area (Å²) in [5.41, 5.74) is -0.649. The molecule has 0 saturated heterocycles. The van der Waals surface area contributed by atoms with Crippen molar-refractivity contribution >= 4 is 0 Å². The van der Waals surface area contributed by atoms with E-state index in [1.807, 2.05) is 5.32 Å². The lowest BCUT2D eigenvalue weighted by molar-refractivity contribution is 0.507. The van der Waals surface area contributed by atoms with Crippen LogP contribution in [0, 0.1) is 6.85 Å². The van der Waals surface area contributed by atoms with E-state index in [1.54, 1.807) is 0 Å². The predicted octanol–water partition coefficient (Wildman–Crippen LogP) is 0.295. The van der Waals surface area contributed by atoms with E-state index in [2.05, 4.69) is 4.98 Å². The predicted molar refractivity (Wildman–Crippen MR) is 38.7 cm³/mol. The van der Waals surface area contributed by atoms with Crippen molar-refractivity contribution in [2.24, 2.45) is 0 Å². The van der Waals surface area contributed by atoms with E-state index >= 15 is 0 Å². The quantitative estimate of drug-likeness (QED) is 0.572. The van der Waals surface area contributed by atoms with Gasteiger partial charge in [-0.25, -0.2) is 4.98 Å². The van der Waals surface area contributed by atoms with E-state index in [0.29, 0.717) is 4.57 Å². The van der Waals surface area contributed by atoms with Gasteiger partial charge in [0.05, 0.1) is 9.81 Å². The van der Waals surface area contributed by atoms with Gasteiger partial charge in [-0.2, -0.15) is 0 Å². The van der Waals surface area contributed by atoms with Gasteiger partial charge in [-0.3, -0.25) is 0 Å². The van der Waals surface area contributed by atoms with Crippen molar-refractivity contribution in [2.75, 3.05) is 6.50 Å². The van der Waals surface area contributed by atoms with Gasteiger partial charge in [0, 0.05) is 35.3 Å². The first kappa shape index (κ1) is 1.50. The van der Waals surface area contributed by atoms with Crippen LogP contribution >= 0.6 is 0 Å². The molecule has 1 aliphatic rings. The van der Waals surface area contributed by atoms with Crippen LogP contribution in [0.15, 0.2) is 6.17 Å². The maximum Gasteiger partial charge on any atom is 0.105 e. The maximum atomic E-state index is 7.77. The minimum Gasteiger partial charge on any atom is -0.330 e. The number of rotatable bonds is 0. The van der Waals surface area contributed by atoms with Gasteiger partial charge in [0.1, 0.15) is 5.82 Å². The number of aromatic nitrogens is 2. The van der Waals surface area contributed by atoms with E-state index in [9.17, 15) is 0 Å². The fourth-order valence-electron chi connectivity index (χ4n) is 0.679. The highest BCUT2D eigenvalue weighted by Gasteiger charge is 2.09. The highest BCUT2D eigenvalue weighted by Crippen LogP contribution is 2.06. The van der Waals surface area contributed by atoms with Crippen LogP contribution in [-0.4, -0.2) is 16.0 Å². The Hall–Kier alpha value is -0.830. The number of imidazole rings is 1. The molecule has 2 heterocycles. The third kappa shape index (κ3) is 0.743. The van der Waals surface area contributed by atoms with E-state index in [0.717, 1.165) is 0 Å². The van der Waals surface area contributed by atoms with Crippen molar-refractivity contribution < 1.29 is 13.7 Å². The second kappa shape index (κ2) is 2.09. The van der Waals surface area contributed by atoms with Crippen molar-refractivity contribution in [3.63, 3.8) is 0 Å². The Morgan fingerprint density at radius 1 is 2.10 bits per heavy atom. The van der Waals surface area contributed by atoms with Crippen molar-refractivity contribution in [3.05, 3.63) is 17.7 Å². The van der Waals surface area contributed by atoms with Crippen LogP contribution in [-0.2, 0) is 13.0 Å². The average Bonchev–Trinajstić information content (AvgIpc) is 2.52. The molecule has 0 spiro atoms. The molecule has 0 atom stereocenters. The minimum atomic E-state index is -2.91. The summed E-state index contributed by atoms with van der Waals surface area (Å²) in [5.74, 6) is -0.850. The highest BCUT2D eigenvalue weighted by atomic mass is 15.1. The zero-order valence-electron chi connectivity index (χ0n) is 14.9. The molecular formula is C7H11N3. The fourth-order valence-corrected chi connectivity index (χ4v) is 0.679. The van der Waals surface area contributed by atoms with Gasteiger partial charge in [-0.1, -0.05) is 0 Å². The van der Waals surface area contributed by atoms with Crippen LogP contribution in [0.1, 0.15) is 25.2 Å². The molecule has 0 saturated carbocycles. The molecule has 1 aliphatic heterocycles. The first-order valence-electron chi connectivity index (χ1n) is 7.62. The summed E-state index contributed by atoms with van der Waals surface area (Å²) in [5, 5.41) is 1.81.